The van der Waals surface area contributed by atoms with Gasteiger partial charge in [0.05, 0.1) is 11.2 Å². The average molecular weight is 277 g/mol. The standard InChI is InChI=1S/C18H15NO2/c1-13-7-8-16-17(14-5-3-2-4-6-14)10-15(11-21-12-20)19-18(16)9-13/h2-10,12H,11H2,1H3. The van der Waals surface area contributed by atoms with Gasteiger partial charge in [-0.3, -0.25) is 4.79 Å². The molecule has 0 aliphatic heterocycles. The molecule has 0 atom stereocenters. The Morgan fingerprint density at radius 3 is 2.67 bits per heavy atom. The van der Waals surface area contributed by atoms with E-state index in [1.54, 1.807) is 0 Å². The third kappa shape index (κ3) is 2.77. The van der Waals surface area contributed by atoms with Crippen LogP contribution in [0.15, 0.2) is 54.6 Å². The summed E-state index contributed by atoms with van der Waals surface area (Å²) in [6, 6.07) is 18.4. The molecule has 2 aromatic carbocycles. The van der Waals surface area contributed by atoms with Gasteiger partial charge in [0.1, 0.15) is 6.61 Å². The highest BCUT2D eigenvalue weighted by atomic mass is 16.5. The van der Waals surface area contributed by atoms with Gasteiger partial charge < -0.3 is 4.74 Å². The van der Waals surface area contributed by atoms with E-state index in [2.05, 4.69) is 29.2 Å². The zero-order chi connectivity index (χ0) is 14.7. The molecule has 0 bridgehead atoms. The van der Waals surface area contributed by atoms with Gasteiger partial charge in [0, 0.05) is 5.39 Å². The monoisotopic (exact) mass is 277 g/mol. The Morgan fingerprint density at radius 2 is 1.90 bits per heavy atom. The quantitative estimate of drug-likeness (QED) is 0.679. The zero-order valence-electron chi connectivity index (χ0n) is 11.7. The minimum atomic E-state index is 0.188. The van der Waals surface area contributed by atoms with E-state index >= 15 is 0 Å². The van der Waals surface area contributed by atoms with Gasteiger partial charge in [0.15, 0.2) is 0 Å². The number of hydrogen-bond acceptors (Lipinski definition) is 3. The van der Waals surface area contributed by atoms with E-state index in [4.69, 9.17) is 4.74 Å². The van der Waals surface area contributed by atoms with Crippen LogP contribution in [0.2, 0.25) is 0 Å². The summed E-state index contributed by atoms with van der Waals surface area (Å²) in [6.07, 6.45) is 0. The molecule has 3 rings (SSSR count). The van der Waals surface area contributed by atoms with Gasteiger partial charge in [0.25, 0.3) is 6.47 Å². The van der Waals surface area contributed by atoms with Crippen molar-refractivity contribution in [3.63, 3.8) is 0 Å². The fourth-order valence-corrected chi connectivity index (χ4v) is 2.44. The summed E-state index contributed by atoms with van der Waals surface area (Å²) in [5.41, 5.74) is 5.05. The Morgan fingerprint density at radius 1 is 1.10 bits per heavy atom. The molecular weight excluding hydrogens is 262 g/mol. The van der Waals surface area contributed by atoms with E-state index in [-0.39, 0.29) is 6.61 Å². The van der Waals surface area contributed by atoms with E-state index < -0.39 is 0 Å². The van der Waals surface area contributed by atoms with Crippen molar-refractivity contribution in [3.05, 3.63) is 65.9 Å². The number of benzene rings is 2. The minimum absolute atomic E-state index is 0.188. The molecule has 0 unspecified atom stereocenters. The Labute approximate surface area is 123 Å². The summed E-state index contributed by atoms with van der Waals surface area (Å²) in [6.45, 7) is 2.68. The number of hydrogen-bond donors (Lipinski definition) is 0. The fourth-order valence-electron chi connectivity index (χ4n) is 2.44. The number of nitrogens with zero attached hydrogens (tertiary/aromatic N) is 1. The first-order valence-electron chi connectivity index (χ1n) is 6.79. The van der Waals surface area contributed by atoms with Crippen molar-refractivity contribution in [2.45, 2.75) is 13.5 Å². The zero-order valence-corrected chi connectivity index (χ0v) is 11.7. The van der Waals surface area contributed by atoms with Gasteiger partial charge >= 0.3 is 0 Å². The molecule has 0 saturated carbocycles. The van der Waals surface area contributed by atoms with Gasteiger partial charge in [-0.25, -0.2) is 4.98 Å². The Kier molecular flexibility index (Phi) is 3.65. The molecule has 0 amide bonds. The minimum Gasteiger partial charge on any atom is -0.461 e. The molecule has 0 N–H and O–H groups in total. The second-order valence-electron chi connectivity index (χ2n) is 4.96. The SMILES string of the molecule is Cc1ccc2c(-c3ccccc3)cc(COC=O)nc2c1. The number of fused-ring (bicyclic) bond motifs is 1. The van der Waals surface area contributed by atoms with Crippen LogP contribution < -0.4 is 0 Å². The third-order valence-electron chi connectivity index (χ3n) is 3.40. The molecule has 3 aromatic rings. The van der Waals surface area contributed by atoms with Crippen molar-refractivity contribution in [2.75, 3.05) is 0 Å². The molecule has 21 heavy (non-hydrogen) atoms. The number of rotatable bonds is 4. The summed E-state index contributed by atoms with van der Waals surface area (Å²) >= 11 is 0. The van der Waals surface area contributed by atoms with Gasteiger partial charge in [-0.05, 0) is 35.7 Å². The number of pyridine rings is 1. The molecule has 1 aromatic heterocycles. The van der Waals surface area contributed by atoms with Crippen molar-refractivity contribution in [2.24, 2.45) is 0 Å². The third-order valence-corrected chi connectivity index (χ3v) is 3.40. The molecule has 3 heteroatoms. The van der Waals surface area contributed by atoms with E-state index in [0.29, 0.717) is 6.47 Å². The summed E-state index contributed by atoms with van der Waals surface area (Å²) in [7, 11) is 0. The fraction of sp³-hybridized carbons (Fsp3) is 0.111. The van der Waals surface area contributed by atoms with Crippen molar-refractivity contribution < 1.29 is 9.53 Å². The first-order valence-corrected chi connectivity index (χ1v) is 6.79. The summed E-state index contributed by atoms with van der Waals surface area (Å²) in [4.78, 5) is 15.0. The summed E-state index contributed by atoms with van der Waals surface area (Å²) in [5, 5.41) is 1.10. The summed E-state index contributed by atoms with van der Waals surface area (Å²) in [5.74, 6) is 0. The Bertz CT molecular complexity index is 782. The van der Waals surface area contributed by atoms with E-state index in [1.807, 2.05) is 37.3 Å². The lowest BCUT2D eigenvalue weighted by Crippen LogP contribution is -1.96. The predicted octanol–water partition coefficient (Wildman–Crippen LogP) is 3.88. The number of carbonyl (C=O) groups is 1. The molecule has 1 heterocycles. The highest BCUT2D eigenvalue weighted by Crippen LogP contribution is 2.29. The number of aryl methyl sites for hydroxylation is 1. The molecule has 0 aliphatic carbocycles. The second kappa shape index (κ2) is 5.75. The van der Waals surface area contributed by atoms with Crippen LogP contribution in [-0.2, 0) is 16.1 Å². The van der Waals surface area contributed by atoms with E-state index in [1.165, 1.54) is 0 Å². The van der Waals surface area contributed by atoms with Crippen LogP contribution in [0.25, 0.3) is 22.0 Å². The molecule has 0 radical (unpaired) electrons. The van der Waals surface area contributed by atoms with Crippen LogP contribution >= 0.6 is 0 Å². The second-order valence-corrected chi connectivity index (χ2v) is 4.96. The molecule has 0 aliphatic rings. The van der Waals surface area contributed by atoms with Gasteiger partial charge in [0.2, 0.25) is 0 Å². The van der Waals surface area contributed by atoms with Crippen LogP contribution in [0.5, 0.6) is 0 Å². The van der Waals surface area contributed by atoms with Gasteiger partial charge in [-0.15, -0.1) is 0 Å². The lowest BCUT2D eigenvalue weighted by molar-refractivity contribution is -0.129. The lowest BCUT2D eigenvalue weighted by atomic mass is 9.99. The van der Waals surface area contributed by atoms with Crippen molar-refractivity contribution in [3.8, 4) is 11.1 Å². The maximum absolute atomic E-state index is 10.4. The predicted molar refractivity (Wildman–Crippen MR) is 82.8 cm³/mol. The highest BCUT2D eigenvalue weighted by Gasteiger charge is 2.08. The van der Waals surface area contributed by atoms with Crippen molar-refractivity contribution in [1.82, 2.24) is 4.98 Å². The number of carbonyl (C=O) groups excluding carboxylic acids is 1. The van der Waals surface area contributed by atoms with Gasteiger partial charge in [-0.1, -0.05) is 42.5 Å². The van der Waals surface area contributed by atoms with E-state index in [9.17, 15) is 4.79 Å². The smallest absolute Gasteiger partial charge is 0.293 e. The maximum atomic E-state index is 10.4. The molecular formula is C18H15NO2. The topological polar surface area (TPSA) is 39.2 Å². The van der Waals surface area contributed by atoms with E-state index in [0.717, 1.165) is 33.3 Å². The Balaban J connectivity index is 2.22. The van der Waals surface area contributed by atoms with Crippen LogP contribution in [-0.4, -0.2) is 11.5 Å². The molecule has 0 spiro atoms. The lowest BCUT2D eigenvalue weighted by Gasteiger charge is -2.10. The average Bonchev–Trinajstić information content (AvgIpc) is 2.52. The molecule has 104 valence electrons. The first-order chi connectivity index (χ1) is 10.3. The first kappa shape index (κ1) is 13.3. The Hall–Kier alpha value is -2.68. The van der Waals surface area contributed by atoms with Crippen LogP contribution in [0.1, 0.15) is 11.3 Å². The maximum Gasteiger partial charge on any atom is 0.293 e. The summed E-state index contributed by atoms with van der Waals surface area (Å²) < 4.78 is 4.85. The van der Waals surface area contributed by atoms with Crippen molar-refractivity contribution in [1.29, 1.82) is 0 Å². The largest absolute Gasteiger partial charge is 0.461 e. The molecule has 0 saturated heterocycles. The molecule has 3 nitrogen and oxygen atoms in total. The van der Waals surface area contributed by atoms with Crippen LogP contribution in [0.4, 0.5) is 0 Å². The van der Waals surface area contributed by atoms with Crippen LogP contribution in [0, 0.1) is 6.92 Å². The van der Waals surface area contributed by atoms with Gasteiger partial charge in [-0.2, -0.15) is 0 Å². The molecule has 0 fully saturated rings. The highest BCUT2D eigenvalue weighted by molar-refractivity contribution is 5.95. The number of ether oxygens (including phenoxy) is 1. The normalized spacial score (nSPS) is 10.5. The van der Waals surface area contributed by atoms with Crippen molar-refractivity contribution >= 4 is 17.4 Å². The number of aromatic nitrogens is 1. The van der Waals surface area contributed by atoms with Crippen LogP contribution in [0.3, 0.4) is 0 Å².